The van der Waals surface area contributed by atoms with E-state index in [-0.39, 0.29) is 5.75 Å². The molecule has 0 fully saturated rings. The van der Waals surface area contributed by atoms with E-state index in [1.54, 1.807) is 6.07 Å². The number of carbonyl (C=O) groups is 1. The number of carbonyl (C=O) groups excluding carboxylic acids is 1. The highest BCUT2D eigenvalue weighted by Crippen LogP contribution is 2.18. The predicted octanol–water partition coefficient (Wildman–Crippen LogP) is 2.76. The largest absolute Gasteiger partial charge is 0.518 e. The van der Waals surface area contributed by atoms with Crippen LogP contribution in [-0.2, 0) is 4.74 Å². The lowest BCUT2D eigenvalue weighted by Gasteiger charge is -2.12. The Bertz CT molecular complexity index is 327. The molecule has 6 heteroatoms. The average molecular weight is 220 g/mol. The molecule has 82 valence electrons. The van der Waals surface area contributed by atoms with Crippen molar-refractivity contribution in [3.8, 4) is 5.75 Å². The summed E-state index contributed by atoms with van der Waals surface area (Å²) in [5.41, 5.74) is 0. The van der Waals surface area contributed by atoms with Crippen molar-refractivity contribution < 1.29 is 27.4 Å². The van der Waals surface area contributed by atoms with Gasteiger partial charge in [-0.15, -0.1) is 0 Å². The fourth-order valence-corrected chi connectivity index (χ4v) is 0.755. The van der Waals surface area contributed by atoms with Crippen LogP contribution in [0.4, 0.5) is 18.0 Å². The zero-order valence-electron chi connectivity index (χ0n) is 7.45. The second-order valence-corrected chi connectivity index (χ2v) is 2.54. The molecule has 0 aliphatic heterocycles. The first-order valence-corrected chi connectivity index (χ1v) is 3.93. The van der Waals surface area contributed by atoms with E-state index in [9.17, 15) is 18.0 Å². The molecule has 1 rings (SSSR count). The lowest BCUT2D eigenvalue weighted by molar-refractivity contribution is -0.214. The molecule has 0 N–H and O–H groups in total. The highest BCUT2D eigenvalue weighted by atomic mass is 19.3. The summed E-state index contributed by atoms with van der Waals surface area (Å²) in [6.07, 6.45) is -5.80. The van der Waals surface area contributed by atoms with Gasteiger partial charge in [-0.3, -0.25) is 0 Å². The molecule has 0 radical (unpaired) electrons. The van der Waals surface area contributed by atoms with Crippen LogP contribution < -0.4 is 4.74 Å². The Balaban J connectivity index is 2.51. The van der Waals surface area contributed by atoms with Gasteiger partial charge in [-0.05, 0) is 12.1 Å². The highest BCUT2D eigenvalue weighted by molar-refractivity contribution is 5.64. The van der Waals surface area contributed by atoms with Crippen molar-refractivity contribution in [2.24, 2.45) is 0 Å². The number of hydrogen-bond donors (Lipinski definition) is 0. The van der Waals surface area contributed by atoms with Crippen LogP contribution in [0.15, 0.2) is 30.3 Å². The first-order chi connectivity index (χ1) is 7.03. The Labute approximate surface area is 83.4 Å². The van der Waals surface area contributed by atoms with Crippen molar-refractivity contribution in [1.82, 2.24) is 0 Å². The molecule has 1 aromatic rings. The van der Waals surface area contributed by atoms with Crippen LogP contribution >= 0.6 is 0 Å². The summed E-state index contributed by atoms with van der Waals surface area (Å²) in [6.45, 7) is -2.09. The molecule has 15 heavy (non-hydrogen) atoms. The van der Waals surface area contributed by atoms with Crippen molar-refractivity contribution in [2.45, 2.75) is 6.11 Å². The normalized spacial score (nSPS) is 10.9. The predicted molar refractivity (Wildman–Crippen MR) is 44.5 cm³/mol. The molecule has 3 nitrogen and oxygen atoms in total. The van der Waals surface area contributed by atoms with Crippen molar-refractivity contribution in [3.05, 3.63) is 30.3 Å². The Morgan fingerprint density at radius 2 is 1.87 bits per heavy atom. The molecule has 0 saturated carbocycles. The third kappa shape index (κ3) is 3.88. The number of ether oxygens (including phenoxy) is 2. The van der Waals surface area contributed by atoms with Crippen LogP contribution in [0.3, 0.4) is 0 Å². The van der Waals surface area contributed by atoms with Gasteiger partial charge in [-0.1, -0.05) is 18.2 Å². The van der Waals surface area contributed by atoms with Crippen LogP contribution in [0.5, 0.6) is 5.75 Å². The minimum Gasteiger partial charge on any atom is -0.395 e. The lowest BCUT2D eigenvalue weighted by Crippen LogP contribution is -2.28. The summed E-state index contributed by atoms with van der Waals surface area (Å²) < 4.78 is 43.8. The number of rotatable bonds is 3. The van der Waals surface area contributed by atoms with Gasteiger partial charge in [0.15, 0.2) is 6.67 Å². The van der Waals surface area contributed by atoms with Crippen LogP contribution in [0, 0.1) is 0 Å². The van der Waals surface area contributed by atoms with Gasteiger partial charge in [-0.2, -0.15) is 8.78 Å². The second-order valence-electron chi connectivity index (χ2n) is 2.54. The molecule has 0 aromatic heterocycles. The molecule has 0 unspecified atom stereocenters. The fourth-order valence-electron chi connectivity index (χ4n) is 0.755. The molecule has 0 bridgehead atoms. The Hall–Kier alpha value is -1.72. The number of halogens is 3. The van der Waals surface area contributed by atoms with E-state index in [2.05, 4.69) is 9.47 Å². The molecule has 0 saturated heterocycles. The summed E-state index contributed by atoms with van der Waals surface area (Å²) >= 11 is 0. The third-order valence-corrected chi connectivity index (χ3v) is 1.33. The molecule has 1 aromatic carbocycles. The summed E-state index contributed by atoms with van der Waals surface area (Å²) in [7, 11) is 0. The molecule has 0 amide bonds. The topological polar surface area (TPSA) is 35.5 Å². The van der Waals surface area contributed by atoms with E-state index in [1.165, 1.54) is 24.3 Å². The number of alkyl halides is 3. The smallest absolute Gasteiger partial charge is 0.395 e. The Kier molecular flexibility index (Phi) is 3.54. The van der Waals surface area contributed by atoms with Gasteiger partial charge in [-0.25, -0.2) is 9.18 Å². The molecule has 0 heterocycles. The van der Waals surface area contributed by atoms with Crippen LogP contribution in [-0.4, -0.2) is 18.9 Å². The van der Waals surface area contributed by atoms with Gasteiger partial charge in [0.1, 0.15) is 5.75 Å². The maximum Gasteiger partial charge on any atom is 0.518 e. The Morgan fingerprint density at radius 1 is 1.27 bits per heavy atom. The van der Waals surface area contributed by atoms with E-state index in [0.29, 0.717) is 0 Å². The quantitative estimate of drug-likeness (QED) is 0.580. The number of para-hydroxylation sites is 1. The molecular weight excluding hydrogens is 213 g/mol. The highest BCUT2D eigenvalue weighted by Gasteiger charge is 2.35. The standard InChI is InChI=1S/C9H7F3O3/c10-6-9(11,12)15-8(13)14-7-4-2-1-3-5-7/h1-5H,6H2. The fraction of sp³-hybridized carbons (Fsp3) is 0.222. The summed E-state index contributed by atoms with van der Waals surface area (Å²) in [6, 6.07) is 7.46. The van der Waals surface area contributed by atoms with Gasteiger partial charge >= 0.3 is 12.3 Å². The van der Waals surface area contributed by atoms with Crippen molar-refractivity contribution in [2.75, 3.05) is 6.67 Å². The van der Waals surface area contributed by atoms with E-state index in [0.717, 1.165) is 0 Å². The number of benzene rings is 1. The minimum absolute atomic E-state index is 0.0390. The van der Waals surface area contributed by atoms with Gasteiger partial charge in [0, 0.05) is 0 Å². The van der Waals surface area contributed by atoms with Crippen LogP contribution in [0.1, 0.15) is 0 Å². The van der Waals surface area contributed by atoms with Crippen molar-refractivity contribution in [1.29, 1.82) is 0 Å². The molecule has 0 spiro atoms. The average Bonchev–Trinajstić information content (AvgIpc) is 2.18. The molecule has 0 atom stereocenters. The van der Waals surface area contributed by atoms with E-state index < -0.39 is 18.9 Å². The van der Waals surface area contributed by atoms with Crippen molar-refractivity contribution >= 4 is 6.16 Å². The molecule has 0 aliphatic carbocycles. The lowest BCUT2D eigenvalue weighted by atomic mass is 10.3. The molecule has 0 aliphatic rings. The van der Waals surface area contributed by atoms with E-state index in [1.807, 2.05) is 0 Å². The van der Waals surface area contributed by atoms with Crippen molar-refractivity contribution in [3.63, 3.8) is 0 Å². The third-order valence-electron chi connectivity index (χ3n) is 1.33. The Morgan fingerprint density at radius 3 is 2.40 bits per heavy atom. The van der Waals surface area contributed by atoms with Gasteiger partial charge in [0.2, 0.25) is 0 Å². The van der Waals surface area contributed by atoms with Gasteiger partial charge in [0.05, 0.1) is 0 Å². The maximum absolute atomic E-state index is 12.2. The zero-order chi connectivity index (χ0) is 11.3. The van der Waals surface area contributed by atoms with Gasteiger partial charge in [0.25, 0.3) is 0 Å². The second kappa shape index (κ2) is 4.68. The van der Waals surface area contributed by atoms with E-state index in [4.69, 9.17) is 0 Å². The zero-order valence-corrected chi connectivity index (χ0v) is 7.45. The molecular formula is C9H7F3O3. The summed E-state index contributed by atoms with van der Waals surface area (Å²) in [5, 5.41) is 0. The maximum atomic E-state index is 12.2. The van der Waals surface area contributed by atoms with Crippen LogP contribution in [0.25, 0.3) is 0 Å². The monoisotopic (exact) mass is 220 g/mol. The summed E-state index contributed by atoms with van der Waals surface area (Å²) in [4.78, 5) is 10.7. The van der Waals surface area contributed by atoms with Gasteiger partial charge < -0.3 is 9.47 Å². The van der Waals surface area contributed by atoms with E-state index >= 15 is 0 Å². The van der Waals surface area contributed by atoms with Crippen LogP contribution in [0.2, 0.25) is 0 Å². The SMILES string of the molecule is O=C(Oc1ccccc1)OC(F)(F)CF. The number of hydrogen-bond acceptors (Lipinski definition) is 3. The summed E-state index contributed by atoms with van der Waals surface area (Å²) in [5.74, 6) is 0.0390. The first kappa shape index (κ1) is 11.4. The first-order valence-electron chi connectivity index (χ1n) is 3.93. The minimum atomic E-state index is -4.15.